The Kier molecular flexibility index (Phi) is 4.85. The Balaban J connectivity index is 2.23. The average molecular weight is 324 g/mol. The lowest BCUT2D eigenvalue weighted by molar-refractivity contribution is 0.762. The minimum absolute atomic E-state index is 0.351. The van der Waals surface area contributed by atoms with Crippen molar-refractivity contribution < 1.29 is 0 Å². The predicted molar refractivity (Wildman–Crippen MR) is 82.5 cm³/mol. The van der Waals surface area contributed by atoms with Gasteiger partial charge in [0.2, 0.25) is 0 Å². The number of hydrogen-bond acceptors (Lipinski definition) is 0. The molecule has 1 atom stereocenters. The molecule has 0 aliphatic carbocycles. The highest BCUT2D eigenvalue weighted by atomic mass is 79.9. The van der Waals surface area contributed by atoms with Crippen LogP contribution in [0.4, 0.5) is 0 Å². The third-order valence-corrected chi connectivity index (χ3v) is 4.19. The van der Waals surface area contributed by atoms with Crippen LogP contribution in [0.3, 0.4) is 0 Å². The molecule has 0 nitrogen and oxygen atoms in total. The summed E-state index contributed by atoms with van der Waals surface area (Å²) in [6, 6.07) is 17.0. The van der Waals surface area contributed by atoms with Crippen LogP contribution in [-0.4, -0.2) is 5.88 Å². The van der Waals surface area contributed by atoms with Crippen LogP contribution in [0.1, 0.15) is 22.6 Å². The van der Waals surface area contributed by atoms with Crippen molar-refractivity contribution in [3.63, 3.8) is 0 Å². The SMILES string of the molecule is Cc1cccc(CC(CCl)c2ccccc2Br)c1. The molecule has 2 aromatic carbocycles. The maximum Gasteiger partial charge on any atom is 0.0295 e. The first-order valence-corrected chi connectivity index (χ1v) is 7.39. The first-order chi connectivity index (χ1) is 8.70. The van der Waals surface area contributed by atoms with Gasteiger partial charge in [-0.15, -0.1) is 11.6 Å². The summed E-state index contributed by atoms with van der Waals surface area (Å²) in [6.45, 7) is 2.12. The molecule has 2 rings (SSSR count). The van der Waals surface area contributed by atoms with Crippen LogP contribution in [-0.2, 0) is 6.42 Å². The molecule has 0 saturated heterocycles. The molecule has 0 saturated carbocycles. The van der Waals surface area contributed by atoms with Crippen molar-refractivity contribution in [2.45, 2.75) is 19.3 Å². The molecule has 1 unspecified atom stereocenters. The number of alkyl halides is 1. The Morgan fingerprint density at radius 3 is 2.56 bits per heavy atom. The molecule has 0 bridgehead atoms. The Morgan fingerprint density at radius 1 is 1.11 bits per heavy atom. The Morgan fingerprint density at radius 2 is 1.89 bits per heavy atom. The summed E-state index contributed by atoms with van der Waals surface area (Å²) >= 11 is 9.75. The van der Waals surface area contributed by atoms with Gasteiger partial charge >= 0.3 is 0 Å². The zero-order valence-electron chi connectivity index (χ0n) is 10.4. The molecule has 0 aliphatic heterocycles. The maximum atomic E-state index is 6.14. The first-order valence-electron chi connectivity index (χ1n) is 6.06. The van der Waals surface area contributed by atoms with Gasteiger partial charge in [0.05, 0.1) is 0 Å². The van der Waals surface area contributed by atoms with Crippen LogP contribution in [0, 0.1) is 6.92 Å². The molecule has 18 heavy (non-hydrogen) atoms. The van der Waals surface area contributed by atoms with Crippen LogP contribution in [0.2, 0.25) is 0 Å². The lowest BCUT2D eigenvalue weighted by Gasteiger charge is -2.16. The summed E-state index contributed by atoms with van der Waals surface area (Å²) in [7, 11) is 0. The van der Waals surface area contributed by atoms with Gasteiger partial charge in [-0.25, -0.2) is 0 Å². The molecule has 0 N–H and O–H groups in total. The topological polar surface area (TPSA) is 0 Å². The van der Waals surface area contributed by atoms with Crippen LogP contribution in [0.5, 0.6) is 0 Å². The van der Waals surface area contributed by atoms with Gasteiger partial charge in [0.15, 0.2) is 0 Å². The van der Waals surface area contributed by atoms with Gasteiger partial charge in [0, 0.05) is 16.3 Å². The summed E-state index contributed by atoms with van der Waals surface area (Å²) in [5.41, 5.74) is 3.93. The molecule has 0 radical (unpaired) electrons. The second kappa shape index (κ2) is 6.40. The molecule has 0 fully saturated rings. The van der Waals surface area contributed by atoms with Gasteiger partial charge in [0.1, 0.15) is 0 Å². The molecule has 2 heteroatoms. The lowest BCUT2D eigenvalue weighted by Crippen LogP contribution is -2.05. The van der Waals surface area contributed by atoms with Crippen molar-refractivity contribution in [2.75, 3.05) is 5.88 Å². The summed E-state index contributed by atoms with van der Waals surface area (Å²) in [5, 5.41) is 0. The minimum Gasteiger partial charge on any atom is -0.126 e. The maximum absolute atomic E-state index is 6.14. The monoisotopic (exact) mass is 322 g/mol. The third kappa shape index (κ3) is 3.37. The predicted octanol–water partition coefficient (Wildman–Crippen LogP) is 5.32. The van der Waals surface area contributed by atoms with Crippen molar-refractivity contribution in [1.29, 1.82) is 0 Å². The fourth-order valence-corrected chi connectivity index (χ4v) is 3.06. The van der Waals surface area contributed by atoms with E-state index in [9.17, 15) is 0 Å². The Labute approximate surface area is 122 Å². The van der Waals surface area contributed by atoms with E-state index in [1.54, 1.807) is 0 Å². The number of benzene rings is 2. The number of aryl methyl sites for hydroxylation is 1. The van der Waals surface area contributed by atoms with Crippen molar-refractivity contribution in [1.82, 2.24) is 0 Å². The van der Waals surface area contributed by atoms with Gasteiger partial charge in [-0.2, -0.15) is 0 Å². The zero-order valence-corrected chi connectivity index (χ0v) is 12.7. The van der Waals surface area contributed by atoms with E-state index < -0.39 is 0 Å². The molecule has 0 spiro atoms. The van der Waals surface area contributed by atoms with Crippen molar-refractivity contribution in [3.8, 4) is 0 Å². The van der Waals surface area contributed by atoms with Crippen LogP contribution in [0.25, 0.3) is 0 Å². The molecule has 94 valence electrons. The highest BCUT2D eigenvalue weighted by molar-refractivity contribution is 9.10. The molecule has 0 amide bonds. The number of halogens is 2. The van der Waals surface area contributed by atoms with E-state index in [4.69, 9.17) is 11.6 Å². The minimum atomic E-state index is 0.351. The van der Waals surface area contributed by atoms with E-state index in [-0.39, 0.29) is 0 Å². The average Bonchev–Trinajstić information content (AvgIpc) is 2.37. The van der Waals surface area contributed by atoms with Crippen molar-refractivity contribution in [3.05, 3.63) is 69.7 Å². The fourth-order valence-electron chi connectivity index (χ4n) is 2.18. The van der Waals surface area contributed by atoms with E-state index >= 15 is 0 Å². The fraction of sp³-hybridized carbons (Fsp3) is 0.250. The molecular weight excluding hydrogens is 308 g/mol. The smallest absolute Gasteiger partial charge is 0.0295 e. The zero-order chi connectivity index (χ0) is 13.0. The van der Waals surface area contributed by atoms with Crippen LogP contribution in [0.15, 0.2) is 53.0 Å². The van der Waals surface area contributed by atoms with E-state index in [1.165, 1.54) is 16.7 Å². The highest BCUT2D eigenvalue weighted by Gasteiger charge is 2.13. The standard InChI is InChI=1S/C16H16BrCl/c1-12-5-4-6-13(9-12)10-14(11-18)15-7-2-3-8-16(15)17/h2-9,14H,10-11H2,1H3. The van der Waals surface area contributed by atoms with Crippen LogP contribution >= 0.6 is 27.5 Å². The van der Waals surface area contributed by atoms with E-state index in [0.717, 1.165) is 10.9 Å². The molecular formula is C16H16BrCl. The van der Waals surface area contributed by atoms with Gasteiger partial charge in [-0.1, -0.05) is 64.0 Å². The van der Waals surface area contributed by atoms with Gasteiger partial charge < -0.3 is 0 Å². The van der Waals surface area contributed by atoms with Gasteiger partial charge in [-0.05, 0) is 30.5 Å². The first kappa shape index (κ1) is 13.6. The van der Waals surface area contributed by atoms with E-state index in [0.29, 0.717) is 11.8 Å². The largest absolute Gasteiger partial charge is 0.126 e. The van der Waals surface area contributed by atoms with Crippen LogP contribution < -0.4 is 0 Å². The quantitative estimate of drug-likeness (QED) is 0.668. The number of hydrogen-bond donors (Lipinski definition) is 0. The van der Waals surface area contributed by atoms with Gasteiger partial charge in [-0.3, -0.25) is 0 Å². The highest BCUT2D eigenvalue weighted by Crippen LogP contribution is 2.28. The van der Waals surface area contributed by atoms with Crippen molar-refractivity contribution >= 4 is 27.5 Å². The van der Waals surface area contributed by atoms with E-state index in [2.05, 4.69) is 65.3 Å². The lowest BCUT2D eigenvalue weighted by atomic mass is 9.93. The summed E-state index contributed by atoms with van der Waals surface area (Å²) in [4.78, 5) is 0. The second-order valence-corrected chi connectivity index (χ2v) is 5.73. The molecule has 0 heterocycles. The van der Waals surface area contributed by atoms with Crippen molar-refractivity contribution in [2.24, 2.45) is 0 Å². The summed E-state index contributed by atoms with van der Waals surface area (Å²) in [5.74, 6) is 0.986. The summed E-state index contributed by atoms with van der Waals surface area (Å²) < 4.78 is 1.14. The molecule has 0 aliphatic rings. The Bertz CT molecular complexity index is 522. The summed E-state index contributed by atoms with van der Waals surface area (Å²) in [6.07, 6.45) is 0.980. The third-order valence-electron chi connectivity index (χ3n) is 3.10. The molecule has 2 aromatic rings. The number of rotatable bonds is 4. The molecule has 0 aromatic heterocycles. The second-order valence-electron chi connectivity index (χ2n) is 4.57. The Hall–Kier alpha value is -0.790. The normalized spacial score (nSPS) is 12.4. The van der Waals surface area contributed by atoms with E-state index in [1.807, 2.05) is 6.07 Å². The van der Waals surface area contributed by atoms with Gasteiger partial charge in [0.25, 0.3) is 0 Å².